The molecule has 1 fully saturated rings. The Morgan fingerprint density at radius 2 is 1.82 bits per heavy atom. The summed E-state index contributed by atoms with van der Waals surface area (Å²) in [5, 5.41) is 0.194. The first kappa shape index (κ1) is 17.5. The molecule has 0 atom stereocenters. The highest BCUT2D eigenvalue weighted by Crippen LogP contribution is 2.33. The number of hydrogen-bond donors (Lipinski definition) is 0. The van der Waals surface area contributed by atoms with Crippen LogP contribution in [0.25, 0.3) is 0 Å². The predicted molar refractivity (Wildman–Crippen MR) is 84.6 cm³/mol. The molecule has 122 valence electrons. The summed E-state index contributed by atoms with van der Waals surface area (Å²) in [7, 11) is -3.77. The average molecular weight is 366 g/mol. The van der Waals surface area contributed by atoms with Crippen molar-refractivity contribution in [3.8, 4) is 0 Å². The lowest BCUT2D eigenvalue weighted by atomic mass is 9.98. The molecule has 0 amide bonds. The monoisotopic (exact) mass is 365 g/mol. The molecule has 0 bridgehead atoms. The van der Waals surface area contributed by atoms with Crippen LogP contribution in [0.15, 0.2) is 23.1 Å². The molecule has 0 aliphatic carbocycles. The first-order valence-corrected chi connectivity index (χ1v) is 9.18. The van der Waals surface area contributed by atoms with Crippen molar-refractivity contribution in [2.24, 2.45) is 5.92 Å². The maximum Gasteiger partial charge on any atom is 0.309 e. The highest BCUT2D eigenvalue weighted by atomic mass is 35.5. The minimum absolute atomic E-state index is 0.0760. The minimum atomic E-state index is -3.77. The van der Waals surface area contributed by atoms with E-state index in [1.807, 2.05) is 0 Å². The normalized spacial score (nSPS) is 17.4. The van der Waals surface area contributed by atoms with Gasteiger partial charge in [0.2, 0.25) is 10.0 Å². The van der Waals surface area contributed by atoms with E-state index in [2.05, 4.69) is 0 Å². The number of sulfonamides is 1. The summed E-state index contributed by atoms with van der Waals surface area (Å²) in [5.74, 6) is -0.525. The summed E-state index contributed by atoms with van der Waals surface area (Å²) in [6, 6.07) is 4.58. The molecule has 1 aromatic carbocycles. The fourth-order valence-corrected chi connectivity index (χ4v) is 5.01. The Morgan fingerprint density at radius 3 is 2.32 bits per heavy atom. The van der Waals surface area contributed by atoms with Crippen LogP contribution in [0.3, 0.4) is 0 Å². The minimum Gasteiger partial charge on any atom is -0.466 e. The standard InChI is InChI=1S/C14H17Cl2NO4S/c1-2-21-14(18)10-6-8-17(9-7-10)22(19,20)13-11(15)4-3-5-12(13)16/h3-5,10H,2,6-9H2,1H3. The second-order valence-electron chi connectivity index (χ2n) is 4.98. The van der Waals surface area contributed by atoms with Crippen molar-refractivity contribution in [3.63, 3.8) is 0 Å². The van der Waals surface area contributed by atoms with E-state index in [1.165, 1.54) is 16.4 Å². The van der Waals surface area contributed by atoms with E-state index in [-0.39, 0.29) is 39.9 Å². The molecule has 1 aliphatic rings. The van der Waals surface area contributed by atoms with Gasteiger partial charge in [-0.1, -0.05) is 29.3 Å². The number of halogens is 2. The van der Waals surface area contributed by atoms with Crippen LogP contribution in [-0.4, -0.2) is 38.4 Å². The first-order chi connectivity index (χ1) is 10.4. The van der Waals surface area contributed by atoms with Gasteiger partial charge in [0.25, 0.3) is 0 Å². The van der Waals surface area contributed by atoms with Crippen LogP contribution >= 0.6 is 23.2 Å². The van der Waals surface area contributed by atoms with Gasteiger partial charge < -0.3 is 4.74 Å². The third-order valence-corrected chi connectivity index (χ3v) is 6.45. The van der Waals surface area contributed by atoms with Gasteiger partial charge in [0.05, 0.1) is 22.6 Å². The molecule has 1 saturated heterocycles. The molecule has 1 aliphatic heterocycles. The van der Waals surface area contributed by atoms with Gasteiger partial charge in [-0.3, -0.25) is 4.79 Å². The molecule has 1 aromatic rings. The van der Waals surface area contributed by atoms with Crippen LogP contribution < -0.4 is 0 Å². The molecule has 1 heterocycles. The Morgan fingerprint density at radius 1 is 1.27 bits per heavy atom. The van der Waals surface area contributed by atoms with Crippen LogP contribution in [0.2, 0.25) is 10.0 Å². The molecule has 22 heavy (non-hydrogen) atoms. The van der Waals surface area contributed by atoms with Crippen LogP contribution in [0.5, 0.6) is 0 Å². The van der Waals surface area contributed by atoms with Gasteiger partial charge in [-0.25, -0.2) is 8.42 Å². The average Bonchev–Trinajstić information content (AvgIpc) is 2.47. The molecule has 5 nitrogen and oxygen atoms in total. The van der Waals surface area contributed by atoms with Gasteiger partial charge in [0, 0.05) is 13.1 Å². The van der Waals surface area contributed by atoms with Crippen LogP contribution in [0.4, 0.5) is 0 Å². The zero-order valence-corrected chi connectivity index (χ0v) is 14.4. The number of ether oxygens (including phenoxy) is 1. The quantitative estimate of drug-likeness (QED) is 0.769. The topological polar surface area (TPSA) is 63.7 Å². The van der Waals surface area contributed by atoms with Crippen molar-refractivity contribution in [2.75, 3.05) is 19.7 Å². The van der Waals surface area contributed by atoms with E-state index in [4.69, 9.17) is 27.9 Å². The zero-order valence-electron chi connectivity index (χ0n) is 12.1. The first-order valence-electron chi connectivity index (χ1n) is 6.98. The lowest BCUT2D eigenvalue weighted by Gasteiger charge is -2.30. The van der Waals surface area contributed by atoms with Crippen LogP contribution in [0, 0.1) is 5.92 Å². The summed E-state index contributed by atoms with van der Waals surface area (Å²) < 4.78 is 31.6. The summed E-state index contributed by atoms with van der Waals surface area (Å²) in [5.41, 5.74) is 0. The fourth-order valence-electron chi connectivity index (χ4n) is 2.45. The van der Waals surface area contributed by atoms with Gasteiger partial charge >= 0.3 is 5.97 Å². The second-order valence-corrected chi connectivity index (χ2v) is 7.67. The Labute approximate surface area is 140 Å². The van der Waals surface area contributed by atoms with Crippen molar-refractivity contribution in [1.29, 1.82) is 0 Å². The predicted octanol–water partition coefficient (Wildman–Crippen LogP) is 2.96. The third-order valence-electron chi connectivity index (χ3n) is 3.59. The largest absolute Gasteiger partial charge is 0.466 e. The van der Waals surface area contributed by atoms with Gasteiger partial charge in [-0.05, 0) is 31.9 Å². The number of esters is 1. The molecule has 0 N–H and O–H groups in total. The number of piperidine rings is 1. The number of carbonyl (C=O) groups excluding carboxylic acids is 1. The van der Waals surface area contributed by atoms with Crippen molar-refractivity contribution in [2.45, 2.75) is 24.7 Å². The van der Waals surface area contributed by atoms with Crippen molar-refractivity contribution in [1.82, 2.24) is 4.31 Å². The fraction of sp³-hybridized carbons (Fsp3) is 0.500. The summed E-state index contributed by atoms with van der Waals surface area (Å²) in [6.07, 6.45) is 0.861. The number of nitrogens with zero attached hydrogens (tertiary/aromatic N) is 1. The second kappa shape index (κ2) is 7.17. The molecule has 2 rings (SSSR count). The van der Waals surface area contributed by atoms with Crippen LogP contribution in [-0.2, 0) is 19.6 Å². The van der Waals surface area contributed by atoms with E-state index in [9.17, 15) is 13.2 Å². The Kier molecular flexibility index (Phi) is 5.71. The smallest absolute Gasteiger partial charge is 0.309 e. The van der Waals surface area contributed by atoms with E-state index < -0.39 is 10.0 Å². The number of rotatable bonds is 4. The molecule has 8 heteroatoms. The SMILES string of the molecule is CCOC(=O)C1CCN(S(=O)(=O)c2c(Cl)cccc2Cl)CC1. The Balaban J connectivity index is 2.15. The van der Waals surface area contributed by atoms with Gasteiger partial charge in [-0.15, -0.1) is 0 Å². The molecule has 0 saturated carbocycles. The molecule has 0 unspecified atom stereocenters. The summed E-state index contributed by atoms with van der Waals surface area (Å²) in [4.78, 5) is 11.6. The van der Waals surface area contributed by atoms with Gasteiger partial charge in [0.15, 0.2) is 0 Å². The summed E-state index contributed by atoms with van der Waals surface area (Å²) in [6.45, 7) is 2.56. The lowest BCUT2D eigenvalue weighted by molar-refractivity contribution is -0.149. The van der Waals surface area contributed by atoms with Gasteiger partial charge in [-0.2, -0.15) is 4.31 Å². The van der Waals surface area contributed by atoms with E-state index >= 15 is 0 Å². The Bertz CT molecular complexity index is 635. The van der Waals surface area contributed by atoms with E-state index in [1.54, 1.807) is 13.0 Å². The molecule has 0 radical (unpaired) electrons. The highest BCUT2D eigenvalue weighted by molar-refractivity contribution is 7.89. The highest BCUT2D eigenvalue weighted by Gasteiger charge is 2.34. The Hall–Kier alpha value is -0.820. The molecular weight excluding hydrogens is 349 g/mol. The van der Waals surface area contributed by atoms with E-state index in [0.29, 0.717) is 19.4 Å². The van der Waals surface area contributed by atoms with Crippen molar-refractivity contribution in [3.05, 3.63) is 28.2 Å². The van der Waals surface area contributed by atoms with Crippen molar-refractivity contribution < 1.29 is 17.9 Å². The number of benzene rings is 1. The molecular formula is C14H17Cl2NO4S. The number of hydrogen-bond acceptors (Lipinski definition) is 4. The van der Waals surface area contributed by atoms with E-state index in [0.717, 1.165) is 0 Å². The van der Waals surface area contributed by atoms with Crippen LogP contribution in [0.1, 0.15) is 19.8 Å². The summed E-state index contributed by atoms with van der Waals surface area (Å²) >= 11 is 12.0. The molecule has 0 aromatic heterocycles. The molecule has 0 spiro atoms. The maximum absolute atomic E-state index is 12.7. The lowest BCUT2D eigenvalue weighted by Crippen LogP contribution is -2.40. The van der Waals surface area contributed by atoms with Gasteiger partial charge in [0.1, 0.15) is 4.90 Å². The van der Waals surface area contributed by atoms with Crippen molar-refractivity contribution >= 4 is 39.2 Å². The number of carbonyl (C=O) groups is 1. The maximum atomic E-state index is 12.7. The zero-order chi connectivity index (χ0) is 16.3. The third kappa shape index (κ3) is 3.56.